The maximum absolute atomic E-state index is 14.7. The lowest BCUT2D eigenvalue weighted by Crippen LogP contribution is -2.03. The average Bonchev–Trinajstić information content (AvgIpc) is 2.43. The largest absolute Gasteiger partial charge is 0.507 e. The van der Waals surface area contributed by atoms with Crippen LogP contribution in [0.1, 0.15) is 18.9 Å². The fourth-order valence-electron chi connectivity index (χ4n) is 2.52. The van der Waals surface area contributed by atoms with Crippen molar-refractivity contribution in [1.29, 1.82) is 0 Å². The average molecular weight is 272 g/mol. The Morgan fingerprint density at radius 1 is 1.25 bits per heavy atom. The highest BCUT2D eigenvalue weighted by atomic mass is 19.1. The summed E-state index contributed by atoms with van der Waals surface area (Å²) in [5.41, 5.74) is 0.00310. The van der Waals surface area contributed by atoms with E-state index < -0.39 is 11.4 Å². The number of fused-ring (bicyclic) bond motifs is 3. The minimum atomic E-state index is -0.724. The van der Waals surface area contributed by atoms with Crippen molar-refractivity contribution in [1.82, 2.24) is 0 Å². The van der Waals surface area contributed by atoms with E-state index in [1.807, 2.05) is 6.92 Å². The Balaban J connectivity index is 2.58. The summed E-state index contributed by atoms with van der Waals surface area (Å²) in [7, 11) is 0. The molecule has 0 aliphatic carbocycles. The second-order valence-corrected chi connectivity index (χ2v) is 4.75. The molecule has 0 aliphatic rings. The van der Waals surface area contributed by atoms with Gasteiger partial charge in [0.05, 0.1) is 0 Å². The van der Waals surface area contributed by atoms with E-state index in [1.54, 1.807) is 24.3 Å². The zero-order valence-electron chi connectivity index (χ0n) is 10.9. The SMILES string of the molecule is CCCc1cc(O)c2c(=O)oc3ccccc3c2c1F. The van der Waals surface area contributed by atoms with Gasteiger partial charge in [0, 0.05) is 10.8 Å². The van der Waals surface area contributed by atoms with E-state index in [-0.39, 0.29) is 16.5 Å². The highest BCUT2D eigenvalue weighted by molar-refractivity contribution is 6.06. The molecule has 2 aromatic carbocycles. The third-order valence-electron chi connectivity index (χ3n) is 3.40. The molecule has 1 N–H and O–H groups in total. The van der Waals surface area contributed by atoms with E-state index in [2.05, 4.69) is 0 Å². The first-order chi connectivity index (χ1) is 9.63. The van der Waals surface area contributed by atoms with Crippen molar-refractivity contribution in [3.8, 4) is 5.75 Å². The summed E-state index contributed by atoms with van der Waals surface area (Å²) in [5, 5.41) is 10.6. The quantitative estimate of drug-likeness (QED) is 0.571. The van der Waals surface area contributed by atoms with Gasteiger partial charge in [0.15, 0.2) is 0 Å². The predicted octanol–water partition coefficient (Wildman–Crippen LogP) is 3.74. The van der Waals surface area contributed by atoms with Gasteiger partial charge in [-0.2, -0.15) is 0 Å². The van der Waals surface area contributed by atoms with Crippen molar-refractivity contribution in [3.05, 3.63) is 52.1 Å². The highest BCUT2D eigenvalue weighted by Crippen LogP contribution is 2.33. The lowest BCUT2D eigenvalue weighted by molar-refractivity contribution is 0.474. The van der Waals surface area contributed by atoms with Crippen molar-refractivity contribution >= 4 is 21.7 Å². The second-order valence-electron chi connectivity index (χ2n) is 4.75. The standard InChI is InChI=1S/C16H13FO3/c1-2-5-9-8-11(18)14-13(15(9)17)10-6-3-4-7-12(10)20-16(14)19/h3-4,6-8,18H,2,5H2,1H3. The molecule has 3 aromatic rings. The van der Waals surface area contributed by atoms with E-state index in [1.165, 1.54) is 6.07 Å². The van der Waals surface area contributed by atoms with E-state index in [0.29, 0.717) is 23.0 Å². The van der Waals surface area contributed by atoms with E-state index >= 15 is 0 Å². The molecule has 3 nitrogen and oxygen atoms in total. The van der Waals surface area contributed by atoms with Gasteiger partial charge in [-0.25, -0.2) is 9.18 Å². The van der Waals surface area contributed by atoms with Crippen molar-refractivity contribution in [2.45, 2.75) is 19.8 Å². The topological polar surface area (TPSA) is 50.4 Å². The molecule has 0 bridgehead atoms. The van der Waals surface area contributed by atoms with Crippen LogP contribution >= 0.6 is 0 Å². The Kier molecular flexibility index (Phi) is 2.93. The second kappa shape index (κ2) is 4.63. The number of hydrogen-bond acceptors (Lipinski definition) is 3. The normalized spacial score (nSPS) is 11.3. The number of rotatable bonds is 2. The number of phenols is 1. The maximum Gasteiger partial charge on any atom is 0.348 e. The van der Waals surface area contributed by atoms with Crippen molar-refractivity contribution < 1.29 is 13.9 Å². The van der Waals surface area contributed by atoms with E-state index in [9.17, 15) is 14.3 Å². The zero-order chi connectivity index (χ0) is 14.3. The smallest absolute Gasteiger partial charge is 0.348 e. The van der Waals surface area contributed by atoms with Gasteiger partial charge in [-0.05, 0) is 24.1 Å². The molecule has 1 aromatic heterocycles. The molecular formula is C16H13FO3. The van der Waals surface area contributed by atoms with Gasteiger partial charge in [-0.15, -0.1) is 0 Å². The Morgan fingerprint density at radius 2 is 2.00 bits per heavy atom. The van der Waals surface area contributed by atoms with Crippen LogP contribution in [0.2, 0.25) is 0 Å². The van der Waals surface area contributed by atoms with Crippen LogP contribution in [0.15, 0.2) is 39.5 Å². The molecule has 0 saturated heterocycles. The Labute approximate surface area is 114 Å². The number of hydrogen-bond donors (Lipinski definition) is 1. The van der Waals surface area contributed by atoms with Crippen LogP contribution in [0.4, 0.5) is 4.39 Å². The Bertz CT molecular complexity index is 865. The third kappa shape index (κ3) is 1.76. The molecule has 1 heterocycles. The van der Waals surface area contributed by atoms with Crippen LogP contribution < -0.4 is 5.63 Å². The summed E-state index contributed by atoms with van der Waals surface area (Å²) in [6.07, 6.45) is 1.26. The first kappa shape index (κ1) is 12.7. The van der Waals surface area contributed by atoms with E-state index in [0.717, 1.165) is 6.42 Å². The fraction of sp³-hybridized carbons (Fsp3) is 0.188. The maximum atomic E-state index is 14.7. The molecular weight excluding hydrogens is 259 g/mol. The van der Waals surface area contributed by atoms with Crippen molar-refractivity contribution in [2.24, 2.45) is 0 Å². The molecule has 0 atom stereocenters. The number of phenolic OH excluding ortho intramolecular Hbond substituents is 1. The number of aryl methyl sites for hydroxylation is 1. The summed E-state index contributed by atoms with van der Waals surface area (Å²) in [6.45, 7) is 1.93. The van der Waals surface area contributed by atoms with Gasteiger partial charge in [-0.3, -0.25) is 0 Å². The lowest BCUT2D eigenvalue weighted by atomic mass is 10.0. The monoisotopic (exact) mass is 272 g/mol. The van der Waals surface area contributed by atoms with Gasteiger partial charge in [0.1, 0.15) is 22.5 Å². The number of para-hydroxylation sites is 1. The lowest BCUT2D eigenvalue weighted by Gasteiger charge is -2.09. The summed E-state index contributed by atoms with van der Waals surface area (Å²) in [6, 6.07) is 8.06. The Morgan fingerprint density at radius 3 is 2.75 bits per heavy atom. The van der Waals surface area contributed by atoms with Gasteiger partial charge in [0.2, 0.25) is 0 Å². The zero-order valence-corrected chi connectivity index (χ0v) is 10.9. The molecule has 0 radical (unpaired) electrons. The summed E-state index contributed by atoms with van der Waals surface area (Å²) in [4.78, 5) is 11.9. The first-order valence-electron chi connectivity index (χ1n) is 6.49. The molecule has 3 rings (SSSR count). The van der Waals surface area contributed by atoms with Gasteiger partial charge >= 0.3 is 5.63 Å². The summed E-state index contributed by atoms with van der Waals surface area (Å²) < 4.78 is 19.8. The van der Waals surface area contributed by atoms with E-state index in [4.69, 9.17) is 4.42 Å². The van der Waals surface area contributed by atoms with Gasteiger partial charge in [0.25, 0.3) is 0 Å². The van der Waals surface area contributed by atoms with Crippen LogP contribution in [-0.4, -0.2) is 5.11 Å². The highest BCUT2D eigenvalue weighted by Gasteiger charge is 2.18. The molecule has 0 spiro atoms. The molecule has 0 unspecified atom stereocenters. The van der Waals surface area contributed by atoms with Gasteiger partial charge < -0.3 is 9.52 Å². The molecule has 0 amide bonds. The van der Waals surface area contributed by atoms with Crippen molar-refractivity contribution in [2.75, 3.05) is 0 Å². The Hall–Kier alpha value is -2.36. The van der Waals surface area contributed by atoms with Crippen LogP contribution in [0.3, 0.4) is 0 Å². The minimum absolute atomic E-state index is 0.0962. The molecule has 20 heavy (non-hydrogen) atoms. The molecule has 0 aliphatic heterocycles. The number of benzene rings is 2. The third-order valence-corrected chi connectivity index (χ3v) is 3.40. The molecule has 0 fully saturated rings. The molecule has 102 valence electrons. The molecule has 4 heteroatoms. The van der Waals surface area contributed by atoms with Crippen LogP contribution in [0.5, 0.6) is 5.75 Å². The number of aromatic hydroxyl groups is 1. The van der Waals surface area contributed by atoms with Crippen LogP contribution in [-0.2, 0) is 6.42 Å². The van der Waals surface area contributed by atoms with Crippen LogP contribution in [0.25, 0.3) is 21.7 Å². The first-order valence-corrected chi connectivity index (χ1v) is 6.49. The minimum Gasteiger partial charge on any atom is -0.507 e. The fourth-order valence-corrected chi connectivity index (χ4v) is 2.52. The predicted molar refractivity (Wildman–Crippen MR) is 75.6 cm³/mol. The number of halogens is 1. The molecule has 0 saturated carbocycles. The van der Waals surface area contributed by atoms with Crippen molar-refractivity contribution in [3.63, 3.8) is 0 Å². The van der Waals surface area contributed by atoms with Gasteiger partial charge in [-0.1, -0.05) is 31.5 Å². The van der Waals surface area contributed by atoms with Crippen LogP contribution in [0, 0.1) is 5.82 Å². The summed E-state index contributed by atoms with van der Waals surface area (Å²) in [5.74, 6) is -0.687. The summed E-state index contributed by atoms with van der Waals surface area (Å²) >= 11 is 0.